The van der Waals surface area contributed by atoms with E-state index >= 15 is 0 Å². The molecule has 4 aliphatic rings. The number of rotatable bonds is 17. The molecule has 4 aromatic carbocycles. The van der Waals surface area contributed by atoms with E-state index in [1.54, 1.807) is 18.2 Å². The number of carbonyl (C=O) groups is 2. The van der Waals surface area contributed by atoms with E-state index in [1.807, 2.05) is 24.3 Å². The van der Waals surface area contributed by atoms with E-state index in [0.29, 0.717) is 16.4 Å². The van der Waals surface area contributed by atoms with Gasteiger partial charge in [0.25, 0.3) is 0 Å². The minimum absolute atomic E-state index is 0.0537. The normalized spacial score (nSPS) is 16.6. The molecule has 0 spiro atoms. The van der Waals surface area contributed by atoms with Crippen molar-refractivity contribution in [3.8, 4) is 11.5 Å². The fraction of sp³-hybridized carbons (Fsp3) is 0.400. The Hall–Kier alpha value is -5.36. The van der Waals surface area contributed by atoms with Crippen molar-refractivity contribution in [1.82, 2.24) is 14.8 Å². The van der Waals surface area contributed by atoms with E-state index in [0.717, 1.165) is 73.8 Å². The number of hydrogen-bond acceptors (Lipinski definition) is 14. The number of ketones is 2. The monoisotopic (exact) mass is 1030 g/mol. The number of thiazole rings is 1. The Morgan fingerprint density at radius 2 is 1.31 bits per heavy atom. The lowest BCUT2D eigenvalue weighted by Crippen LogP contribution is -2.47. The molecule has 2 saturated carbocycles. The molecule has 0 radical (unpaired) electrons. The highest BCUT2D eigenvalue weighted by molar-refractivity contribution is 9.09. The molecule has 0 amide bonds. The topological polar surface area (TPSA) is 129 Å². The number of thiocarbonyl (C=S) groups is 1. The number of nitrogens with one attached hydrogen (secondary N) is 1. The molecule has 1 atom stereocenters. The van der Waals surface area contributed by atoms with Crippen LogP contribution in [0.2, 0.25) is 0 Å². The summed E-state index contributed by atoms with van der Waals surface area (Å²) in [6.07, 6.45) is 4.30. The predicted molar refractivity (Wildman–Crippen MR) is 272 cm³/mol. The lowest BCUT2D eigenvalue weighted by atomic mass is 10.1. The standard InChI is InChI=1S/C25H27F2N5O2S.C15H19N3S.C10H10BrFO2/c26-24(27)34-20-3-1-2-17(14-20)21(33)22-23(28)30-25(35-22)29-18-6-8-19(9-7-18)32-12-10-31(11-13-32)15-16-4-5-16;19-12-16-14-3-5-15(6-4-14)18-9-7-17(8-10-18)11-13-1-2-13;1-7(12)14-9-4-2-3-8(5-9)10(13)6-11/h1-3,6-9,14,16,24H,4-5,10-13,15,28H2,(H,29,30);3-6,13H,1-2,7-11H2;2-5,7H,6H2,1H3. The largest absolute Gasteiger partial charge is 0.461 e. The maximum atomic E-state index is 12.9. The number of nitrogen functional groups attached to an aromatic ring is 1. The number of anilines is 5. The molecule has 18 heteroatoms. The zero-order valence-electron chi connectivity index (χ0n) is 37.9. The molecular weight excluding hydrogens is 978 g/mol. The Labute approximate surface area is 413 Å². The molecule has 12 nitrogen and oxygen atoms in total. The van der Waals surface area contributed by atoms with Crippen LogP contribution in [0.3, 0.4) is 0 Å². The summed E-state index contributed by atoms with van der Waals surface area (Å²) < 4.78 is 46.7. The van der Waals surface area contributed by atoms with Gasteiger partial charge in [0, 0.05) is 101 Å². The molecule has 4 fully saturated rings. The number of hydrogen-bond donors (Lipinski definition) is 2. The SMILES string of the molecule is CC(F)Oc1cccc(C(=O)CBr)c1.Nc1nc(Nc2ccc(N3CCN(CC4CC4)CC3)cc2)sc1C(=O)c1cccc(OC(F)F)c1.S=C=Nc1ccc(N2CCN(CC3CC3)CC2)cc1. The number of aliphatic imine (C=N–C) groups is 1. The molecule has 9 rings (SSSR count). The number of ether oxygens (including phenoxy) is 2. The van der Waals surface area contributed by atoms with Gasteiger partial charge in [-0.2, -0.15) is 13.8 Å². The van der Waals surface area contributed by atoms with Gasteiger partial charge in [0.05, 0.1) is 16.2 Å². The van der Waals surface area contributed by atoms with Crippen molar-refractivity contribution in [3.05, 3.63) is 113 Å². The van der Waals surface area contributed by atoms with Crippen molar-refractivity contribution in [2.45, 2.75) is 45.6 Å². The zero-order chi connectivity index (χ0) is 48.0. The van der Waals surface area contributed by atoms with Gasteiger partial charge in [-0.15, -0.1) is 0 Å². The summed E-state index contributed by atoms with van der Waals surface area (Å²) in [6, 6.07) is 28.5. The first-order valence-electron chi connectivity index (χ1n) is 22.8. The molecule has 3 N–H and O–H groups in total. The van der Waals surface area contributed by atoms with Gasteiger partial charge in [-0.25, -0.2) is 9.37 Å². The Kier molecular flexibility index (Phi) is 18.4. The van der Waals surface area contributed by atoms with Crippen LogP contribution in [-0.2, 0) is 0 Å². The number of alkyl halides is 4. The van der Waals surface area contributed by atoms with Gasteiger partial charge < -0.3 is 30.3 Å². The first-order valence-corrected chi connectivity index (χ1v) is 25.1. The highest BCUT2D eigenvalue weighted by atomic mass is 79.9. The summed E-state index contributed by atoms with van der Waals surface area (Å²) in [5.74, 6) is 1.84. The van der Waals surface area contributed by atoms with Crippen LogP contribution in [0, 0.1) is 11.8 Å². The number of Topliss-reactive ketones (excluding diaryl/α,β-unsaturated/α-hetero) is 1. The Morgan fingerprint density at radius 3 is 1.81 bits per heavy atom. The second-order valence-corrected chi connectivity index (χ2v) is 18.8. The van der Waals surface area contributed by atoms with Crippen molar-refractivity contribution in [2.24, 2.45) is 16.8 Å². The number of nitrogens with zero attached hydrogens (tertiary/aromatic N) is 6. The van der Waals surface area contributed by atoms with Crippen molar-refractivity contribution < 1.29 is 32.2 Å². The number of carbonyl (C=O) groups excluding carboxylic acids is 2. The van der Waals surface area contributed by atoms with Crippen LogP contribution in [0.1, 0.15) is 58.2 Å². The number of isothiocyanates is 1. The molecule has 1 unspecified atom stereocenters. The summed E-state index contributed by atoms with van der Waals surface area (Å²) in [4.78, 5) is 42.7. The first-order chi connectivity index (χ1) is 32.9. The van der Waals surface area contributed by atoms with E-state index in [1.165, 1.54) is 100 Å². The van der Waals surface area contributed by atoms with Crippen molar-refractivity contribution in [2.75, 3.05) is 91.6 Å². The Bertz CT molecular complexity index is 2470. The molecule has 2 aliphatic carbocycles. The molecule has 2 aliphatic heterocycles. The molecule has 360 valence electrons. The van der Waals surface area contributed by atoms with Crippen LogP contribution in [-0.4, -0.2) is 115 Å². The number of halogens is 4. The van der Waals surface area contributed by atoms with Crippen LogP contribution in [0.5, 0.6) is 11.5 Å². The van der Waals surface area contributed by atoms with Gasteiger partial charge in [0.15, 0.2) is 10.9 Å². The zero-order valence-corrected chi connectivity index (χ0v) is 41.1. The Morgan fingerprint density at radius 1 is 0.794 bits per heavy atom. The van der Waals surface area contributed by atoms with Crippen LogP contribution >= 0.6 is 39.5 Å². The second kappa shape index (κ2) is 24.8. The van der Waals surface area contributed by atoms with E-state index in [9.17, 15) is 22.8 Å². The van der Waals surface area contributed by atoms with Gasteiger partial charge in [0.2, 0.25) is 12.1 Å². The van der Waals surface area contributed by atoms with Crippen LogP contribution in [0.4, 0.5) is 46.9 Å². The quantitative estimate of drug-likeness (QED) is 0.0398. The summed E-state index contributed by atoms with van der Waals surface area (Å²) in [7, 11) is 0. The van der Waals surface area contributed by atoms with Crippen LogP contribution in [0.25, 0.3) is 0 Å². The average molecular weight is 1030 g/mol. The van der Waals surface area contributed by atoms with Gasteiger partial charge in [-0.3, -0.25) is 19.4 Å². The Balaban J connectivity index is 0.000000173. The number of aromatic nitrogens is 1. The molecule has 2 saturated heterocycles. The third-order valence-corrected chi connectivity index (χ3v) is 13.4. The molecule has 68 heavy (non-hydrogen) atoms. The number of piperazine rings is 2. The van der Waals surface area contributed by atoms with E-state index in [2.05, 4.69) is 97.2 Å². The predicted octanol–water partition coefficient (Wildman–Crippen LogP) is 10.7. The van der Waals surface area contributed by atoms with E-state index in [4.69, 9.17) is 10.5 Å². The molecular formula is C50H56BrF3N8O4S2. The highest BCUT2D eigenvalue weighted by Crippen LogP contribution is 2.33. The van der Waals surface area contributed by atoms with Crippen molar-refractivity contribution >= 4 is 89.9 Å². The van der Waals surface area contributed by atoms with Gasteiger partial charge in [0.1, 0.15) is 22.2 Å². The fourth-order valence-electron chi connectivity index (χ4n) is 7.88. The lowest BCUT2D eigenvalue weighted by molar-refractivity contribution is -0.0498. The van der Waals surface area contributed by atoms with Gasteiger partial charge in [-0.05, 0) is 123 Å². The summed E-state index contributed by atoms with van der Waals surface area (Å²) in [5, 5.41) is 6.33. The maximum Gasteiger partial charge on any atom is 0.387 e. The minimum Gasteiger partial charge on any atom is -0.461 e. The first kappa shape index (κ1) is 50.5. The van der Waals surface area contributed by atoms with Gasteiger partial charge in [-0.1, -0.05) is 51.5 Å². The van der Waals surface area contributed by atoms with Crippen molar-refractivity contribution in [1.29, 1.82) is 0 Å². The van der Waals surface area contributed by atoms with E-state index in [-0.39, 0.29) is 33.1 Å². The molecule has 3 heterocycles. The van der Waals surface area contributed by atoms with Crippen LogP contribution in [0.15, 0.2) is 102 Å². The number of benzene rings is 4. The number of nitrogens with two attached hydrogens (primary N) is 1. The summed E-state index contributed by atoms with van der Waals surface area (Å²) in [6.45, 7) is 9.77. The summed E-state index contributed by atoms with van der Waals surface area (Å²) in [5.41, 5.74) is 10.9. The molecule has 1 aromatic heterocycles. The van der Waals surface area contributed by atoms with Gasteiger partial charge >= 0.3 is 6.61 Å². The minimum atomic E-state index is -2.96. The average Bonchev–Trinajstić information content (AvgIpc) is 4.29. The molecule has 0 bridgehead atoms. The third kappa shape index (κ3) is 15.6. The maximum absolute atomic E-state index is 12.9. The fourth-order valence-corrected chi connectivity index (χ4v) is 9.17. The lowest BCUT2D eigenvalue weighted by Gasteiger charge is -2.36. The smallest absolute Gasteiger partial charge is 0.387 e. The third-order valence-electron chi connectivity index (χ3n) is 11.8. The molecule has 5 aromatic rings. The van der Waals surface area contributed by atoms with Crippen LogP contribution < -0.4 is 30.3 Å². The second-order valence-electron chi connectivity index (χ2n) is 17.1. The highest BCUT2D eigenvalue weighted by Gasteiger charge is 2.28. The van der Waals surface area contributed by atoms with Crippen molar-refractivity contribution in [3.63, 3.8) is 0 Å². The summed E-state index contributed by atoms with van der Waals surface area (Å²) >= 11 is 8.79. The van der Waals surface area contributed by atoms with E-state index < -0.39 is 18.8 Å².